The number of nitrogens with zero attached hydrogens (tertiary/aromatic N) is 1. The summed E-state index contributed by atoms with van der Waals surface area (Å²) in [6.07, 6.45) is 0. The molecule has 4 nitrogen and oxygen atoms in total. The Bertz CT molecular complexity index is 440. The molecule has 1 amide bonds. The van der Waals surface area contributed by atoms with E-state index in [1.165, 1.54) is 0 Å². The van der Waals surface area contributed by atoms with Gasteiger partial charge < -0.3 is 15.4 Å². The number of nitrogens with two attached hydrogens (primary N) is 1. The van der Waals surface area contributed by atoms with Gasteiger partial charge in [-0.1, -0.05) is 32.4 Å². The molecule has 0 aromatic heterocycles. The first-order valence-corrected chi connectivity index (χ1v) is 6.98. The quantitative estimate of drug-likeness (QED) is 0.909. The van der Waals surface area contributed by atoms with Gasteiger partial charge in [0.1, 0.15) is 12.4 Å². The molecular weight excluding hydrogens is 276 g/mol. The molecule has 1 aromatic carbocycles. The second-order valence-corrected chi connectivity index (χ2v) is 6.34. The summed E-state index contributed by atoms with van der Waals surface area (Å²) in [7, 11) is 1.74. The molecule has 0 unspecified atom stereocenters. The van der Waals surface area contributed by atoms with Gasteiger partial charge in [-0.15, -0.1) is 0 Å². The highest BCUT2D eigenvalue weighted by Gasteiger charge is 2.29. The predicted molar refractivity (Wildman–Crippen MR) is 82.0 cm³/mol. The number of hydrogen-bond acceptors (Lipinski definition) is 3. The molecule has 1 aromatic rings. The third-order valence-electron chi connectivity index (χ3n) is 3.08. The smallest absolute Gasteiger partial charge is 0.239 e. The lowest BCUT2D eigenvalue weighted by Gasteiger charge is -2.29. The van der Waals surface area contributed by atoms with E-state index >= 15 is 0 Å². The van der Waals surface area contributed by atoms with Crippen molar-refractivity contribution < 1.29 is 9.53 Å². The molecule has 0 radical (unpaired) electrons. The molecule has 0 saturated heterocycles. The van der Waals surface area contributed by atoms with E-state index in [0.717, 1.165) is 5.75 Å². The van der Waals surface area contributed by atoms with Gasteiger partial charge in [0.25, 0.3) is 0 Å². The largest absolute Gasteiger partial charge is 0.492 e. The summed E-state index contributed by atoms with van der Waals surface area (Å²) in [6.45, 7) is 6.76. The maximum absolute atomic E-state index is 12.1. The zero-order chi connectivity index (χ0) is 15.3. The van der Waals surface area contributed by atoms with Gasteiger partial charge in [0, 0.05) is 12.1 Å². The van der Waals surface area contributed by atoms with Gasteiger partial charge in [0.15, 0.2) is 0 Å². The van der Waals surface area contributed by atoms with Crippen LogP contribution in [0.2, 0.25) is 5.02 Å². The maximum Gasteiger partial charge on any atom is 0.239 e. The molecule has 0 bridgehead atoms. The molecule has 0 aliphatic rings. The van der Waals surface area contributed by atoms with Crippen LogP contribution in [0.25, 0.3) is 0 Å². The number of amides is 1. The second-order valence-electron chi connectivity index (χ2n) is 5.91. The van der Waals surface area contributed by atoms with E-state index in [4.69, 9.17) is 22.1 Å². The second kappa shape index (κ2) is 6.95. The van der Waals surface area contributed by atoms with Gasteiger partial charge in [0.2, 0.25) is 5.91 Å². The highest BCUT2D eigenvalue weighted by Crippen LogP contribution is 2.19. The Hall–Kier alpha value is -1.26. The summed E-state index contributed by atoms with van der Waals surface area (Å²) in [5, 5.41) is 0.667. The Balaban J connectivity index is 2.41. The number of halogens is 1. The van der Waals surface area contributed by atoms with Crippen LogP contribution in [0, 0.1) is 5.41 Å². The summed E-state index contributed by atoms with van der Waals surface area (Å²) in [5.41, 5.74) is 5.70. The topological polar surface area (TPSA) is 55.6 Å². The fraction of sp³-hybridized carbons (Fsp3) is 0.533. The molecule has 112 valence electrons. The van der Waals surface area contributed by atoms with Crippen molar-refractivity contribution in [2.24, 2.45) is 11.1 Å². The van der Waals surface area contributed by atoms with E-state index in [1.54, 1.807) is 36.2 Å². The Kier molecular flexibility index (Phi) is 5.84. The standard InChI is InChI=1S/C15H23ClN2O2/c1-15(2,3)13(17)14(19)18(4)9-10-20-12-7-5-11(16)6-8-12/h5-8,13H,9-10,17H2,1-4H3/t13-/m0/s1. The number of ether oxygens (including phenoxy) is 1. The summed E-state index contributed by atoms with van der Waals surface area (Å²) in [4.78, 5) is 13.7. The highest BCUT2D eigenvalue weighted by atomic mass is 35.5. The van der Waals surface area contributed by atoms with Crippen LogP contribution in [-0.2, 0) is 4.79 Å². The van der Waals surface area contributed by atoms with E-state index in [0.29, 0.717) is 18.2 Å². The van der Waals surface area contributed by atoms with Crippen molar-refractivity contribution in [1.29, 1.82) is 0 Å². The lowest BCUT2D eigenvalue weighted by Crippen LogP contribution is -2.49. The van der Waals surface area contributed by atoms with Crippen LogP contribution >= 0.6 is 11.6 Å². The molecule has 1 rings (SSSR count). The molecule has 0 heterocycles. The minimum atomic E-state index is -0.511. The van der Waals surface area contributed by atoms with Crippen molar-refractivity contribution in [3.8, 4) is 5.75 Å². The first kappa shape index (κ1) is 16.8. The highest BCUT2D eigenvalue weighted by molar-refractivity contribution is 6.30. The van der Waals surface area contributed by atoms with E-state index in [1.807, 2.05) is 20.8 Å². The molecular formula is C15H23ClN2O2. The maximum atomic E-state index is 12.1. The molecule has 0 spiro atoms. The van der Waals surface area contributed by atoms with Crippen LogP contribution in [0.1, 0.15) is 20.8 Å². The minimum absolute atomic E-state index is 0.0720. The molecule has 0 aliphatic heterocycles. The zero-order valence-electron chi connectivity index (χ0n) is 12.5. The van der Waals surface area contributed by atoms with Gasteiger partial charge in [-0.2, -0.15) is 0 Å². The van der Waals surface area contributed by atoms with Crippen molar-refractivity contribution in [3.05, 3.63) is 29.3 Å². The van der Waals surface area contributed by atoms with Crippen LogP contribution in [0.5, 0.6) is 5.75 Å². The number of benzene rings is 1. The molecule has 0 aliphatic carbocycles. The first-order valence-electron chi connectivity index (χ1n) is 6.61. The first-order chi connectivity index (χ1) is 9.21. The lowest BCUT2D eigenvalue weighted by atomic mass is 9.86. The normalized spacial score (nSPS) is 12.9. The van der Waals surface area contributed by atoms with Crippen LogP contribution < -0.4 is 10.5 Å². The van der Waals surface area contributed by atoms with Crippen molar-refractivity contribution in [2.75, 3.05) is 20.2 Å². The number of carbonyl (C=O) groups excluding carboxylic acids is 1. The SMILES string of the molecule is CN(CCOc1ccc(Cl)cc1)C(=O)[C@H](N)C(C)(C)C. The van der Waals surface area contributed by atoms with Crippen molar-refractivity contribution in [1.82, 2.24) is 4.90 Å². The summed E-state index contributed by atoms with van der Waals surface area (Å²) < 4.78 is 5.55. The Morgan fingerprint density at radius 3 is 2.40 bits per heavy atom. The van der Waals surface area contributed by atoms with E-state index < -0.39 is 6.04 Å². The van der Waals surface area contributed by atoms with Crippen LogP contribution in [-0.4, -0.2) is 37.0 Å². The van der Waals surface area contributed by atoms with Crippen LogP contribution in [0.4, 0.5) is 0 Å². The van der Waals surface area contributed by atoms with E-state index in [2.05, 4.69) is 0 Å². The average molecular weight is 299 g/mol. The summed E-state index contributed by atoms with van der Waals surface area (Å²) in [6, 6.07) is 6.61. The fourth-order valence-electron chi connectivity index (χ4n) is 1.55. The number of carbonyl (C=O) groups is 1. The van der Waals surface area contributed by atoms with E-state index in [9.17, 15) is 4.79 Å². The molecule has 0 fully saturated rings. The monoisotopic (exact) mass is 298 g/mol. The molecule has 1 atom stereocenters. The lowest BCUT2D eigenvalue weighted by molar-refractivity contribution is -0.133. The Morgan fingerprint density at radius 1 is 1.35 bits per heavy atom. The third kappa shape index (κ3) is 5.02. The number of likely N-dealkylation sites (N-methyl/N-ethyl adjacent to an activating group) is 1. The Morgan fingerprint density at radius 2 is 1.90 bits per heavy atom. The van der Waals surface area contributed by atoms with Gasteiger partial charge in [-0.25, -0.2) is 0 Å². The van der Waals surface area contributed by atoms with Crippen LogP contribution in [0.15, 0.2) is 24.3 Å². The van der Waals surface area contributed by atoms with Crippen molar-refractivity contribution in [3.63, 3.8) is 0 Å². The molecule has 0 saturated carbocycles. The van der Waals surface area contributed by atoms with Crippen LogP contribution in [0.3, 0.4) is 0 Å². The van der Waals surface area contributed by atoms with Gasteiger partial charge >= 0.3 is 0 Å². The number of rotatable bonds is 5. The molecule has 5 heteroatoms. The van der Waals surface area contributed by atoms with Gasteiger partial charge in [-0.3, -0.25) is 4.79 Å². The molecule has 20 heavy (non-hydrogen) atoms. The summed E-state index contributed by atoms with van der Waals surface area (Å²) in [5.74, 6) is 0.660. The van der Waals surface area contributed by atoms with E-state index in [-0.39, 0.29) is 11.3 Å². The van der Waals surface area contributed by atoms with Crippen molar-refractivity contribution >= 4 is 17.5 Å². The van der Waals surface area contributed by atoms with Gasteiger partial charge in [0.05, 0.1) is 12.6 Å². The number of hydrogen-bond donors (Lipinski definition) is 1. The zero-order valence-corrected chi connectivity index (χ0v) is 13.3. The predicted octanol–water partition coefficient (Wildman–Crippen LogP) is 2.55. The van der Waals surface area contributed by atoms with Gasteiger partial charge in [-0.05, 0) is 29.7 Å². The minimum Gasteiger partial charge on any atom is -0.492 e. The fourth-order valence-corrected chi connectivity index (χ4v) is 1.68. The summed E-state index contributed by atoms with van der Waals surface area (Å²) >= 11 is 5.79. The Labute approximate surface area is 125 Å². The average Bonchev–Trinajstić information content (AvgIpc) is 2.38. The molecule has 2 N–H and O–H groups in total. The van der Waals surface area contributed by atoms with Crippen molar-refractivity contribution in [2.45, 2.75) is 26.8 Å². The third-order valence-corrected chi connectivity index (χ3v) is 3.34.